The number of hydrogen-bond acceptors (Lipinski definition) is 9. The monoisotopic (exact) mass is 604 g/mol. The molecule has 1 aromatic heterocycles. The third-order valence-electron chi connectivity index (χ3n) is 5.56. The third-order valence-corrected chi connectivity index (χ3v) is 7.29. The lowest BCUT2D eigenvalue weighted by atomic mass is 10.1. The van der Waals surface area contributed by atoms with Crippen molar-refractivity contribution in [3.63, 3.8) is 0 Å². The number of nitrogens with one attached hydrogen (secondary N) is 1. The number of amides is 1. The average molecular weight is 605 g/mol. The van der Waals surface area contributed by atoms with Crippen LogP contribution < -0.4 is 15.3 Å². The van der Waals surface area contributed by atoms with Gasteiger partial charge in [-0.2, -0.15) is 26.9 Å². The first-order valence-corrected chi connectivity index (χ1v) is 14.3. The predicted octanol–water partition coefficient (Wildman–Crippen LogP) is 1.48. The van der Waals surface area contributed by atoms with Gasteiger partial charge in [0, 0.05) is 0 Å². The molecule has 0 aliphatic carbocycles. The molecule has 214 valence electrons. The fourth-order valence-electron chi connectivity index (χ4n) is 3.68. The first kappa shape index (κ1) is 29.2. The molecule has 0 atom stereocenters. The van der Waals surface area contributed by atoms with E-state index in [-0.39, 0.29) is 39.9 Å². The highest BCUT2D eigenvalue weighted by Gasteiger charge is 2.35. The van der Waals surface area contributed by atoms with Crippen LogP contribution in [0.25, 0.3) is 11.8 Å². The van der Waals surface area contributed by atoms with E-state index in [1.165, 1.54) is 24.3 Å². The van der Waals surface area contributed by atoms with Crippen molar-refractivity contribution in [3.05, 3.63) is 82.2 Å². The molecule has 0 unspecified atom stereocenters. The summed E-state index contributed by atoms with van der Waals surface area (Å²) >= 11 is 0. The molecule has 2 heterocycles. The quantitative estimate of drug-likeness (QED) is 0.202. The van der Waals surface area contributed by atoms with E-state index in [9.17, 15) is 36.3 Å². The van der Waals surface area contributed by atoms with Gasteiger partial charge in [0.15, 0.2) is 5.71 Å². The van der Waals surface area contributed by atoms with Gasteiger partial charge in [-0.3, -0.25) is 23.8 Å². The lowest BCUT2D eigenvalue weighted by molar-refractivity contribution is -0.129. The number of carboxylic acids is 1. The molecule has 41 heavy (non-hydrogen) atoms. The largest absolute Gasteiger partial charge is 0.478 e. The molecular weight excluding hydrogens is 584 g/mol. The second-order valence-electron chi connectivity index (χ2n) is 8.18. The summed E-state index contributed by atoms with van der Waals surface area (Å²) in [6, 6.07) is 9.07. The highest BCUT2D eigenvalue weighted by Crippen LogP contribution is 2.26. The highest BCUT2D eigenvalue weighted by atomic mass is 32.2. The van der Waals surface area contributed by atoms with Crippen LogP contribution in [0, 0.1) is 0 Å². The van der Waals surface area contributed by atoms with Crippen LogP contribution in [-0.2, 0) is 29.8 Å². The van der Waals surface area contributed by atoms with Gasteiger partial charge in [0.25, 0.3) is 31.7 Å². The zero-order chi connectivity index (χ0) is 30.1. The van der Waals surface area contributed by atoms with E-state index >= 15 is 0 Å². The van der Waals surface area contributed by atoms with Gasteiger partial charge in [0.05, 0.1) is 33.3 Å². The summed E-state index contributed by atoms with van der Waals surface area (Å²) < 4.78 is 69.9. The van der Waals surface area contributed by atoms with Gasteiger partial charge in [-0.05, 0) is 67.6 Å². The number of aliphatic carboxylic acids is 1. The average Bonchev–Trinajstić information content (AvgIpc) is 3.40. The van der Waals surface area contributed by atoms with Crippen LogP contribution in [0.1, 0.15) is 12.5 Å². The Labute approximate surface area is 231 Å². The van der Waals surface area contributed by atoms with Gasteiger partial charge in [-0.15, -0.1) is 0 Å². The molecule has 0 bridgehead atoms. The molecule has 15 nitrogen and oxygen atoms in total. The van der Waals surface area contributed by atoms with Gasteiger partial charge < -0.3 is 9.84 Å². The molecule has 17 heteroatoms. The minimum atomic E-state index is -4.49. The first-order valence-electron chi connectivity index (χ1n) is 11.4. The van der Waals surface area contributed by atoms with Crippen LogP contribution >= 0.6 is 0 Å². The minimum Gasteiger partial charge on any atom is -0.478 e. The summed E-state index contributed by atoms with van der Waals surface area (Å²) in [4.78, 5) is 37.1. The van der Waals surface area contributed by atoms with Crippen LogP contribution in [-0.4, -0.2) is 65.0 Å². The number of carbonyl (C=O) groups is 2. The van der Waals surface area contributed by atoms with E-state index in [1.807, 2.05) is 0 Å². The van der Waals surface area contributed by atoms with E-state index in [0.717, 1.165) is 52.2 Å². The summed E-state index contributed by atoms with van der Waals surface area (Å²) in [6.07, 6.45) is 3.61. The van der Waals surface area contributed by atoms with Crippen molar-refractivity contribution < 1.29 is 45.4 Å². The number of anilines is 1. The van der Waals surface area contributed by atoms with Crippen molar-refractivity contribution in [2.45, 2.75) is 16.7 Å². The Bertz CT molecular complexity index is 1900. The molecule has 0 radical (unpaired) electrons. The lowest BCUT2D eigenvalue weighted by Gasteiger charge is -2.11. The molecule has 2 aromatic carbocycles. The Balaban J connectivity index is 1.67. The normalized spacial score (nSPS) is 15.1. The molecule has 1 aliphatic heterocycles. The van der Waals surface area contributed by atoms with E-state index in [4.69, 9.17) is 13.8 Å². The first-order chi connectivity index (χ1) is 19.2. The number of H-pyrrole nitrogens is 1. The number of ether oxygens (including phenoxy) is 1. The maximum absolute atomic E-state index is 13.1. The number of hydrogen-bond donors (Lipinski definition) is 4. The Morgan fingerprint density at radius 1 is 0.951 bits per heavy atom. The van der Waals surface area contributed by atoms with E-state index < -0.39 is 48.3 Å². The molecule has 0 saturated heterocycles. The smallest absolute Gasteiger partial charge is 0.357 e. The number of nitrogens with zero attached hydrogens (tertiary/aromatic N) is 3. The molecule has 0 fully saturated rings. The summed E-state index contributed by atoms with van der Waals surface area (Å²) in [5.74, 6) is -2.36. The number of aromatic amines is 1. The van der Waals surface area contributed by atoms with Crippen LogP contribution in [0.2, 0.25) is 0 Å². The summed E-state index contributed by atoms with van der Waals surface area (Å²) in [6.45, 7) is 1.82. The Kier molecular flexibility index (Phi) is 7.80. The zero-order valence-electron chi connectivity index (χ0n) is 20.8. The molecular formula is C24H20N4O11S2. The number of carboxylic acid groups (broad SMARTS) is 1. The van der Waals surface area contributed by atoms with Crippen molar-refractivity contribution in [2.75, 3.05) is 11.6 Å². The minimum absolute atomic E-state index is 0.0144. The van der Waals surface area contributed by atoms with Crippen LogP contribution in [0.15, 0.2) is 85.9 Å². The van der Waals surface area contributed by atoms with Crippen molar-refractivity contribution in [1.29, 1.82) is 0 Å². The molecule has 4 N–H and O–H groups in total. The third kappa shape index (κ3) is 6.02. The molecule has 0 saturated carbocycles. The zero-order valence-corrected chi connectivity index (χ0v) is 22.5. The van der Waals surface area contributed by atoms with E-state index in [1.54, 1.807) is 6.92 Å². The summed E-state index contributed by atoms with van der Waals surface area (Å²) in [7, 11) is -8.94. The molecule has 1 amide bonds. The van der Waals surface area contributed by atoms with Crippen molar-refractivity contribution in [1.82, 2.24) is 9.78 Å². The van der Waals surface area contributed by atoms with Gasteiger partial charge >= 0.3 is 5.97 Å². The standard InChI is InChI=1S/C24H20N4O11S2/c1-2-39-21-19(23(30)28(26-21)15-8-12-17(13-9-15)41(36,37)38)5-3-4-18-20(24(31)32)25-27(22(18)29)14-6-10-16(11-7-14)40(33,34)35/h3-13,26H,2H2,1H3,(H,31,32)(H,33,34,35)(H,36,37,38). The maximum Gasteiger partial charge on any atom is 0.357 e. The molecule has 1 aliphatic rings. The van der Waals surface area contributed by atoms with Crippen LogP contribution in [0.4, 0.5) is 5.69 Å². The van der Waals surface area contributed by atoms with E-state index in [2.05, 4.69) is 10.2 Å². The predicted molar refractivity (Wildman–Crippen MR) is 143 cm³/mol. The Morgan fingerprint density at radius 3 is 1.98 bits per heavy atom. The fraction of sp³-hybridized carbons (Fsp3) is 0.0833. The highest BCUT2D eigenvalue weighted by molar-refractivity contribution is 7.86. The van der Waals surface area contributed by atoms with Gasteiger partial charge in [0.2, 0.25) is 5.88 Å². The number of hydrazone groups is 1. The number of aromatic nitrogens is 2. The number of benzene rings is 2. The topological polar surface area (TPSA) is 226 Å². The maximum atomic E-state index is 13.1. The number of allylic oxidation sites excluding steroid dienone is 2. The fourth-order valence-corrected chi connectivity index (χ4v) is 4.64. The molecule has 3 aromatic rings. The Hall–Kier alpha value is -4.84. The van der Waals surface area contributed by atoms with E-state index in [0.29, 0.717) is 0 Å². The van der Waals surface area contributed by atoms with Crippen LogP contribution in [0.3, 0.4) is 0 Å². The van der Waals surface area contributed by atoms with Gasteiger partial charge in [-0.25, -0.2) is 9.48 Å². The summed E-state index contributed by atoms with van der Waals surface area (Å²) in [5, 5.41) is 16.8. The summed E-state index contributed by atoms with van der Waals surface area (Å²) in [5.41, 5.74) is -1.37. The van der Waals surface area contributed by atoms with Crippen molar-refractivity contribution in [3.8, 4) is 11.6 Å². The second kappa shape index (κ2) is 11.0. The second-order valence-corrected chi connectivity index (χ2v) is 11.0. The molecule has 0 spiro atoms. The number of carbonyl (C=O) groups excluding carboxylic acids is 1. The Morgan fingerprint density at radius 2 is 1.49 bits per heavy atom. The lowest BCUT2D eigenvalue weighted by Crippen LogP contribution is -2.22. The van der Waals surface area contributed by atoms with Crippen molar-refractivity contribution in [2.24, 2.45) is 5.10 Å². The van der Waals surface area contributed by atoms with Gasteiger partial charge in [0.1, 0.15) is 5.56 Å². The van der Waals surface area contributed by atoms with Gasteiger partial charge in [-0.1, -0.05) is 6.08 Å². The van der Waals surface area contributed by atoms with Crippen molar-refractivity contribution >= 4 is 49.6 Å². The molecule has 4 rings (SSSR count). The van der Waals surface area contributed by atoms with Crippen LogP contribution in [0.5, 0.6) is 5.88 Å². The number of rotatable bonds is 9. The SMILES string of the molecule is CCOc1[nH]n(-c2ccc(S(=O)(=O)O)cc2)c(=O)c1C=CC=C1C(=O)N(c2ccc(S(=O)(=O)O)cc2)N=C1C(=O)O.